The molecule has 1 saturated heterocycles. The number of amides is 1. The molecular weight excluding hydrogens is 258 g/mol. The normalized spacial score (nSPS) is 19.8. The molecule has 18 heavy (non-hydrogen) atoms. The zero-order chi connectivity index (χ0) is 13.8. The molecule has 0 aliphatic carbocycles. The average molecular weight is 279 g/mol. The van der Waals surface area contributed by atoms with E-state index in [1.165, 1.54) is 10.6 Å². The highest BCUT2D eigenvalue weighted by Gasteiger charge is 2.28. The molecule has 8 heteroatoms. The zero-order valence-corrected chi connectivity index (χ0v) is 11.6. The topological polar surface area (TPSA) is 92.9 Å². The van der Waals surface area contributed by atoms with Crippen LogP contribution >= 0.6 is 0 Å². The minimum Gasteiger partial charge on any atom is -0.385 e. The van der Waals surface area contributed by atoms with Gasteiger partial charge in [-0.1, -0.05) is 0 Å². The predicted molar refractivity (Wildman–Crippen MR) is 67.5 cm³/mol. The molecule has 1 heterocycles. The van der Waals surface area contributed by atoms with Gasteiger partial charge in [0.05, 0.1) is 12.3 Å². The van der Waals surface area contributed by atoms with Gasteiger partial charge in [0.15, 0.2) is 0 Å². The number of ether oxygens (including phenoxy) is 1. The Hall–Kier alpha value is -0.700. The van der Waals surface area contributed by atoms with Gasteiger partial charge in [-0.15, -0.1) is 0 Å². The van der Waals surface area contributed by atoms with E-state index >= 15 is 0 Å². The number of hydrogen-bond donors (Lipinski definition) is 1. The molecule has 0 radical (unpaired) electrons. The minimum atomic E-state index is -3.17. The Balaban J connectivity index is 2.45. The number of sulfonamides is 1. The van der Waals surface area contributed by atoms with Crippen molar-refractivity contribution < 1.29 is 17.9 Å². The lowest BCUT2D eigenvalue weighted by Crippen LogP contribution is -2.54. The van der Waals surface area contributed by atoms with Crippen LogP contribution in [0, 0.1) is 0 Å². The number of rotatable bonds is 5. The van der Waals surface area contributed by atoms with E-state index in [0.29, 0.717) is 39.2 Å². The smallest absolute Gasteiger partial charge is 0.239 e. The molecule has 2 N–H and O–H groups in total. The third-order valence-corrected chi connectivity index (χ3v) is 4.27. The summed E-state index contributed by atoms with van der Waals surface area (Å²) in [6.07, 6.45) is 1.65. The van der Waals surface area contributed by atoms with Crippen molar-refractivity contribution in [1.29, 1.82) is 0 Å². The van der Waals surface area contributed by atoms with Gasteiger partial charge in [0, 0.05) is 39.9 Å². The van der Waals surface area contributed by atoms with Gasteiger partial charge in [0.1, 0.15) is 0 Å². The fourth-order valence-corrected chi connectivity index (χ4v) is 2.67. The van der Waals surface area contributed by atoms with Crippen LogP contribution in [0.3, 0.4) is 0 Å². The highest BCUT2D eigenvalue weighted by Crippen LogP contribution is 2.07. The SMILES string of the molecule is COCCC(N)C(=O)N1CCN(S(C)(=O)=O)CC1. The lowest BCUT2D eigenvalue weighted by Gasteiger charge is -2.34. The van der Waals surface area contributed by atoms with E-state index in [2.05, 4.69) is 0 Å². The lowest BCUT2D eigenvalue weighted by atomic mass is 10.2. The Kier molecular flexibility index (Phi) is 5.51. The van der Waals surface area contributed by atoms with Gasteiger partial charge in [0.25, 0.3) is 0 Å². The summed E-state index contributed by atoms with van der Waals surface area (Å²) in [7, 11) is -1.61. The zero-order valence-electron chi connectivity index (χ0n) is 10.8. The summed E-state index contributed by atoms with van der Waals surface area (Å²) in [6.45, 7) is 1.90. The van der Waals surface area contributed by atoms with Crippen LogP contribution < -0.4 is 5.73 Å². The third kappa shape index (κ3) is 4.20. The monoisotopic (exact) mass is 279 g/mol. The van der Waals surface area contributed by atoms with Crippen molar-refractivity contribution >= 4 is 15.9 Å². The number of piperazine rings is 1. The van der Waals surface area contributed by atoms with Crippen LogP contribution in [0.5, 0.6) is 0 Å². The number of carbonyl (C=O) groups is 1. The molecule has 1 aliphatic heterocycles. The molecule has 1 atom stereocenters. The lowest BCUT2D eigenvalue weighted by molar-refractivity contribution is -0.134. The fourth-order valence-electron chi connectivity index (χ4n) is 1.84. The van der Waals surface area contributed by atoms with E-state index < -0.39 is 16.1 Å². The van der Waals surface area contributed by atoms with Crippen LogP contribution in [-0.2, 0) is 19.6 Å². The second-order valence-electron chi connectivity index (χ2n) is 4.38. The van der Waals surface area contributed by atoms with Crippen LogP contribution in [0.25, 0.3) is 0 Å². The van der Waals surface area contributed by atoms with Crippen molar-refractivity contribution in [2.75, 3.05) is 46.2 Å². The molecule has 0 saturated carbocycles. The van der Waals surface area contributed by atoms with Crippen LogP contribution in [0.1, 0.15) is 6.42 Å². The molecule has 1 amide bonds. The van der Waals surface area contributed by atoms with Crippen molar-refractivity contribution in [1.82, 2.24) is 9.21 Å². The van der Waals surface area contributed by atoms with Gasteiger partial charge in [-0.3, -0.25) is 4.79 Å². The van der Waals surface area contributed by atoms with Gasteiger partial charge in [-0.05, 0) is 6.42 Å². The predicted octanol–water partition coefficient (Wildman–Crippen LogP) is -1.55. The number of nitrogens with two attached hydrogens (primary N) is 1. The van der Waals surface area contributed by atoms with E-state index in [0.717, 1.165) is 0 Å². The Bertz CT molecular complexity index is 377. The fraction of sp³-hybridized carbons (Fsp3) is 0.900. The number of hydrogen-bond acceptors (Lipinski definition) is 5. The van der Waals surface area contributed by atoms with Crippen LogP contribution in [0.15, 0.2) is 0 Å². The molecule has 1 aliphatic rings. The van der Waals surface area contributed by atoms with Gasteiger partial charge in [0.2, 0.25) is 15.9 Å². The van der Waals surface area contributed by atoms with E-state index in [-0.39, 0.29) is 5.91 Å². The Morgan fingerprint density at radius 2 is 1.89 bits per heavy atom. The Labute approximate surface area is 108 Å². The van der Waals surface area contributed by atoms with Crippen molar-refractivity contribution in [2.45, 2.75) is 12.5 Å². The van der Waals surface area contributed by atoms with Gasteiger partial charge < -0.3 is 15.4 Å². The summed E-state index contributed by atoms with van der Waals surface area (Å²) in [5.41, 5.74) is 5.75. The largest absolute Gasteiger partial charge is 0.385 e. The molecule has 1 fully saturated rings. The van der Waals surface area contributed by atoms with Crippen LogP contribution in [0.2, 0.25) is 0 Å². The number of carbonyl (C=O) groups excluding carboxylic acids is 1. The molecule has 0 bridgehead atoms. The van der Waals surface area contributed by atoms with E-state index in [4.69, 9.17) is 10.5 Å². The quantitative estimate of drug-likeness (QED) is 0.658. The van der Waals surface area contributed by atoms with Crippen molar-refractivity contribution in [3.05, 3.63) is 0 Å². The minimum absolute atomic E-state index is 0.139. The second-order valence-corrected chi connectivity index (χ2v) is 6.36. The highest BCUT2D eigenvalue weighted by atomic mass is 32.2. The molecule has 0 spiro atoms. The maximum absolute atomic E-state index is 11.9. The first kappa shape index (κ1) is 15.4. The summed E-state index contributed by atoms with van der Waals surface area (Å²) < 4.78 is 28.9. The summed E-state index contributed by atoms with van der Waals surface area (Å²) in [6, 6.07) is -0.574. The molecule has 1 unspecified atom stereocenters. The highest BCUT2D eigenvalue weighted by molar-refractivity contribution is 7.88. The van der Waals surface area contributed by atoms with Gasteiger partial charge in [-0.2, -0.15) is 4.31 Å². The van der Waals surface area contributed by atoms with Crippen LogP contribution in [-0.4, -0.2) is 75.7 Å². The van der Waals surface area contributed by atoms with Crippen LogP contribution in [0.4, 0.5) is 0 Å². The van der Waals surface area contributed by atoms with Crippen molar-refractivity contribution in [3.8, 4) is 0 Å². The maximum Gasteiger partial charge on any atom is 0.239 e. The number of nitrogens with zero attached hydrogens (tertiary/aromatic N) is 2. The van der Waals surface area contributed by atoms with Gasteiger partial charge in [-0.25, -0.2) is 8.42 Å². The molecule has 0 aromatic rings. The van der Waals surface area contributed by atoms with Gasteiger partial charge >= 0.3 is 0 Å². The molecule has 0 aromatic heterocycles. The average Bonchev–Trinajstić information content (AvgIpc) is 2.34. The van der Waals surface area contributed by atoms with Crippen molar-refractivity contribution in [3.63, 3.8) is 0 Å². The molecular formula is C10H21N3O4S. The maximum atomic E-state index is 11.9. The van der Waals surface area contributed by atoms with E-state index in [9.17, 15) is 13.2 Å². The Morgan fingerprint density at radius 1 is 1.33 bits per heavy atom. The molecule has 1 rings (SSSR count). The first-order chi connectivity index (χ1) is 8.36. The summed E-state index contributed by atoms with van der Waals surface area (Å²) in [4.78, 5) is 13.6. The summed E-state index contributed by atoms with van der Waals surface area (Å²) in [5.74, 6) is -0.139. The summed E-state index contributed by atoms with van der Waals surface area (Å²) >= 11 is 0. The first-order valence-corrected chi connectivity index (χ1v) is 7.69. The second kappa shape index (κ2) is 6.46. The molecule has 0 aromatic carbocycles. The third-order valence-electron chi connectivity index (χ3n) is 2.97. The standard InChI is InChI=1S/C10H21N3O4S/c1-17-8-3-9(11)10(14)12-4-6-13(7-5-12)18(2,15)16/h9H,3-8,11H2,1-2H3. The van der Waals surface area contributed by atoms with Crippen molar-refractivity contribution in [2.24, 2.45) is 5.73 Å². The first-order valence-electron chi connectivity index (χ1n) is 5.84. The molecule has 106 valence electrons. The summed E-state index contributed by atoms with van der Waals surface area (Å²) in [5, 5.41) is 0. The van der Waals surface area contributed by atoms with E-state index in [1.807, 2.05) is 0 Å². The number of methoxy groups -OCH3 is 1. The molecule has 7 nitrogen and oxygen atoms in total. The Morgan fingerprint density at radius 3 is 2.33 bits per heavy atom. The van der Waals surface area contributed by atoms with E-state index in [1.54, 1.807) is 12.0 Å².